The molecule has 0 radical (unpaired) electrons. The molecule has 0 saturated heterocycles. The fourth-order valence-corrected chi connectivity index (χ4v) is 9.40. The molecule has 12 rings (SSSR count). The second-order valence-electron chi connectivity index (χ2n) is 16.8. The molecule has 0 unspecified atom stereocenters. The molecule has 0 bridgehead atoms. The van der Waals surface area contributed by atoms with Crippen molar-refractivity contribution in [3.8, 4) is 22.6 Å². The molecule has 0 fully saturated rings. The maximum Gasteiger partial charge on any atom is 0.227 e. The van der Waals surface area contributed by atoms with Gasteiger partial charge in [0.2, 0.25) is 5.89 Å². The average Bonchev–Trinajstić information content (AvgIpc) is 3.86. The van der Waals surface area contributed by atoms with Gasteiger partial charge in [0.15, 0.2) is 5.58 Å². The van der Waals surface area contributed by atoms with E-state index in [-0.39, 0.29) is 0 Å². The Morgan fingerprint density at radius 3 is 1.16 bits per heavy atom. The molecule has 0 aliphatic carbocycles. The van der Waals surface area contributed by atoms with E-state index >= 15 is 0 Å². The Morgan fingerprint density at radius 1 is 0.279 bits per heavy atom. The molecule has 0 atom stereocenters. The van der Waals surface area contributed by atoms with Crippen molar-refractivity contribution in [2.45, 2.75) is 0 Å². The Balaban J connectivity index is 1.00. The van der Waals surface area contributed by atoms with E-state index in [1.807, 2.05) is 30.3 Å². The zero-order valence-corrected chi connectivity index (χ0v) is 37.1. The number of aromatic nitrogens is 1. The SMILES string of the molecule is c1ccc(-c2cc(N(c3ccccc3)c3ccccc3)cc(N(c3ccccc3)c3ccc(N(c4ccccc4)c4ccc5ccc6ccc7nc(-c8ccccc8)oc7c6c5c4)cc3)c2)cc1. The summed E-state index contributed by atoms with van der Waals surface area (Å²) >= 11 is 0. The third-order valence-electron chi connectivity index (χ3n) is 12.6. The van der Waals surface area contributed by atoms with Crippen LogP contribution in [-0.2, 0) is 0 Å². The third-order valence-corrected chi connectivity index (χ3v) is 12.6. The van der Waals surface area contributed by atoms with Crippen LogP contribution in [0.4, 0.5) is 51.2 Å². The van der Waals surface area contributed by atoms with Gasteiger partial charge in [-0.2, -0.15) is 0 Å². The first-order valence-corrected chi connectivity index (χ1v) is 22.9. The lowest BCUT2D eigenvalue weighted by atomic mass is 10.00. The van der Waals surface area contributed by atoms with Gasteiger partial charge in [-0.15, -0.1) is 0 Å². The summed E-state index contributed by atoms with van der Waals surface area (Å²) in [6, 6.07) is 94.3. The summed E-state index contributed by atoms with van der Waals surface area (Å²) < 4.78 is 6.62. The summed E-state index contributed by atoms with van der Waals surface area (Å²) in [6.45, 7) is 0. The minimum absolute atomic E-state index is 0.615. The summed E-state index contributed by atoms with van der Waals surface area (Å²) in [5.41, 5.74) is 14.3. The lowest BCUT2D eigenvalue weighted by Crippen LogP contribution is -2.14. The van der Waals surface area contributed by atoms with Crippen LogP contribution < -0.4 is 14.7 Å². The molecular formula is C63H44N4O. The van der Waals surface area contributed by atoms with Crippen molar-refractivity contribution in [1.29, 1.82) is 0 Å². The van der Waals surface area contributed by atoms with Crippen molar-refractivity contribution in [1.82, 2.24) is 4.98 Å². The average molecular weight is 873 g/mol. The first-order chi connectivity index (χ1) is 33.7. The highest BCUT2D eigenvalue weighted by molar-refractivity contribution is 6.18. The smallest absolute Gasteiger partial charge is 0.227 e. The Hall–Kier alpha value is -9.19. The third kappa shape index (κ3) is 7.68. The normalized spacial score (nSPS) is 11.2. The van der Waals surface area contributed by atoms with E-state index in [2.05, 4.69) is 251 Å². The maximum absolute atomic E-state index is 6.62. The maximum atomic E-state index is 6.62. The van der Waals surface area contributed by atoms with E-state index in [1.165, 1.54) is 0 Å². The molecule has 0 amide bonds. The van der Waals surface area contributed by atoms with Crippen molar-refractivity contribution in [2.75, 3.05) is 14.7 Å². The number of benzene rings is 11. The van der Waals surface area contributed by atoms with E-state index in [0.29, 0.717) is 5.89 Å². The standard InChI is InChI=1S/C63H44N4O/c1-7-19-45(20-8-1)49-41-57(66(51-25-13-4-14-26-51)52-27-15-5-16-28-52)43-58(42-49)67(53-29-17-6-18-30-53)55-38-36-54(37-39-55)65(50-23-11-3-12-24-50)56-35-33-46-31-32-47-34-40-60-62(61(47)59(46)44-56)68-63(64-60)48-21-9-2-10-22-48/h1-44H. The van der Waals surface area contributed by atoms with Crippen molar-refractivity contribution in [3.05, 3.63) is 267 Å². The molecule has 0 saturated carbocycles. The first-order valence-electron chi connectivity index (χ1n) is 22.9. The van der Waals surface area contributed by atoms with Gasteiger partial charge in [0.05, 0.1) is 0 Å². The molecule has 0 N–H and O–H groups in total. The molecule has 1 aromatic heterocycles. The van der Waals surface area contributed by atoms with E-state index in [1.54, 1.807) is 0 Å². The number of anilines is 9. The molecule has 5 heteroatoms. The minimum atomic E-state index is 0.615. The largest absolute Gasteiger partial charge is 0.435 e. The molecule has 322 valence electrons. The zero-order valence-electron chi connectivity index (χ0n) is 37.1. The molecule has 0 aliphatic heterocycles. The van der Waals surface area contributed by atoms with Gasteiger partial charge in [-0.05, 0) is 149 Å². The van der Waals surface area contributed by atoms with Gasteiger partial charge >= 0.3 is 0 Å². The molecule has 5 nitrogen and oxygen atoms in total. The van der Waals surface area contributed by atoms with E-state index in [9.17, 15) is 0 Å². The van der Waals surface area contributed by atoms with Crippen LogP contribution in [0.25, 0.3) is 55.2 Å². The first kappa shape index (κ1) is 40.3. The second-order valence-corrected chi connectivity index (χ2v) is 16.8. The number of nitrogens with zero attached hydrogens (tertiary/aromatic N) is 4. The Morgan fingerprint density at radius 2 is 0.662 bits per heavy atom. The Bertz CT molecular complexity index is 3620. The van der Waals surface area contributed by atoms with Crippen molar-refractivity contribution in [3.63, 3.8) is 0 Å². The van der Waals surface area contributed by atoms with Crippen LogP contribution in [0.5, 0.6) is 0 Å². The lowest BCUT2D eigenvalue weighted by molar-refractivity contribution is 0.623. The monoisotopic (exact) mass is 872 g/mol. The highest BCUT2D eigenvalue weighted by atomic mass is 16.3. The van der Waals surface area contributed by atoms with Gasteiger partial charge in [-0.3, -0.25) is 0 Å². The molecular weight excluding hydrogens is 829 g/mol. The van der Waals surface area contributed by atoms with Gasteiger partial charge in [-0.25, -0.2) is 4.98 Å². The van der Waals surface area contributed by atoms with Gasteiger partial charge in [0.1, 0.15) is 5.52 Å². The van der Waals surface area contributed by atoms with Crippen LogP contribution in [-0.4, -0.2) is 4.98 Å². The van der Waals surface area contributed by atoms with Crippen molar-refractivity contribution in [2.24, 2.45) is 0 Å². The number of hydrogen-bond acceptors (Lipinski definition) is 5. The van der Waals surface area contributed by atoms with Crippen LogP contribution in [0.3, 0.4) is 0 Å². The van der Waals surface area contributed by atoms with Crippen LogP contribution in [0.2, 0.25) is 0 Å². The summed E-state index contributed by atoms with van der Waals surface area (Å²) in [7, 11) is 0. The van der Waals surface area contributed by atoms with Crippen molar-refractivity contribution < 1.29 is 4.42 Å². The highest BCUT2D eigenvalue weighted by Crippen LogP contribution is 2.45. The van der Waals surface area contributed by atoms with Crippen LogP contribution in [0.15, 0.2) is 271 Å². The topological polar surface area (TPSA) is 35.8 Å². The number of para-hydroxylation sites is 4. The van der Waals surface area contributed by atoms with Gasteiger partial charge < -0.3 is 19.1 Å². The fourth-order valence-electron chi connectivity index (χ4n) is 9.40. The number of oxazole rings is 1. The summed E-state index contributed by atoms with van der Waals surface area (Å²) in [4.78, 5) is 12.0. The molecule has 0 spiro atoms. The summed E-state index contributed by atoms with van der Waals surface area (Å²) in [5.74, 6) is 0.615. The lowest BCUT2D eigenvalue weighted by Gasteiger charge is -2.31. The Labute approximate surface area is 395 Å². The van der Waals surface area contributed by atoms with Crippen LogP contribution in [0.1, 0.15) is 0 Å². The highest BCUT2D eigenvalue weighted by Gasteiger charge is 2.21. The molecule has 0 aliphatic rings. The zero-order chi connectivity index (χ0) is 45.2. The van der Waals surface area contributed by atoms with Crippen molar-refractivity contribution >= 4 is 83.8 Å². The number of hydrogen-bond donors (Lipinski definition) is 0. The predicted molar refractivity (Wildman–Crippen MR) is 284 cm³/mol. The minimum Gasteiger partial charge on any atom is -0.435 e. The molecule has 11 aromatic carbocycles. The van der Waals surface area contributed by atoms with Gasteiger partial charge in [-0.1, -0.05) is 146 Å². The van der Waals surface area contributed by atoms with Crippen LogP contribution in [0, 0.1) is 0 Å². The van der Waals surface area contributed by atoms with Gasteiger partial charge in [0, 0.05) is 62.1 Å². The van der Waals surface area contributed by atoms with E-state index in [4.69, 9.17) is 9.40 Å². The quantitative estimate of drug-likeness (QED) is 0.121. The Kier molecular flexibility index (Phi) is 10.5. The van der Waals surface area contributed by atoms with Gasteiger partial charge in [0.25, 0.3) is 0 Å². The summed E-state index contributed by atoms with van der Waals surface area (Å²) in [6.07, 6.45) is 0. The number of fused-ring (bicyclic) bond motifs is 5. The summed E-state index contributed by atoms with van der Waals surface area (Å²) in [5, 5.41) is 4.38. The molecule has 1 heterocycles. The van der Waals surface area contributed by atoms with Crippen LogP contribution >= 0.6 is 0 Å². The molecule has 12 aromatic rings. The van der Waals surface area contributed by atoms with E-state index < -0.39 is 0 Å². The van der Waals surface area contributed by atoms with E-state index in [0.717, 1.165) is 101 Å². The number of rotatable bonds is 11. The second kappa shape index (κ2) is 17.7. The fraction of sp³-hybridized carbons (Fsp3) is 0. The predicted octanol–water partition coefficient (Wildman–Crippen LogP) is 17.9. The molecule has 68 heavy (non-hydrogen) atoms.